The number of anilines is 1. The first kappa shape index (κ1) is 9.42. The Balaban J connectivity index is 2.35. The van der Waals surface area contributed by atoms with Crippen LogP contribution in [0.4, 0.5) is 5.13 Å². The minimum Gasteiger partial charge on any atom is -0.477 e. The summed E-state index contributed by atoms with van der Waals surface area (Å²) in [4.78, 5) is 15.2. The van der Waals surface area contributed by atoms with Gasteiger partial charge < -0.3 is 15.6 Å². The molecular weight excluding hydrogens is 204 g/mol. The number of nitrogens with zero attached hydrogens (tertiary/aromatic N) is 1. The summed E-state index contributed by atoms with van der Waals surface area (Å²) in [6.07, 6.45) is 0.823. The van der Waals surface area contributed by atoms with Crippen molar-refractivity contribution in [3.05, 3.63) is 10.6 Å². The molecular formula is C8H10N2O3S. The molecule has 3 N–H and O–H groups in total. The summed E-state index contributed by atoms with van der Waals surface area (Å²) in [5.74, 6) is -0.865. The van der Waals surface area contributed by atoms with Crippen molar-refractivity contribution in [1.29, 1.82) is 0 Å². The van der Waals surface area contributed by atoms with E-state index in [1.165, 1.54) is 0 Å². The van der Waals surface area contributed by atoms with Crippen molar-refractivity contribution in [2.24, 2.45) is 0 Å². The maximum absolute atomic E-state index is 10.9. The topological polar surface area (TPSA) is 85.4 Å². The molecule has 76 valence electrons. The zero-order valence-electron chi connectivity index (χ0n) is 7.40. The molecule has 1 saturated heterocycles. The Bertz CT molecular complexity index is 357. The molecule has 1 aromatic rings. The van der Waals surface area contributed by atoms with Crippen LogP contribution in [0.25, 0.3) is 0 Å². The lowest BCUT2D eigenvalue weighted by molar-refractivity contribution is 0.0700. The highest BCUT2D eigenvalue weighted by molar-refractivity contribution is 7.17. The highest BCUT2D eigenvalue weighted by Gasteiger charge is 2.26. The van der Waals surface area contributed by atoms with Gasteiger partial charge in [0.05, 0.1) is 12.3 Å². The first-order valence-electron chi connectivity index (χ1n) is 4.25. The van der Waals surface area contributed by atoms with Gasteiger partial charge in [-0.1, -0.05) is 11.3 Å². The van der Waals surface area contributed by atoms with Crippen LogP contribution in [0.5, 0.6) is 0 Å². The predicted octanol–water partition coefficient (Wildman–Crippen LogP) is 0.927. The Kier molecular flexibility index (Phi) is 2.39. The largest absolute Gasteiger partial charge is 0.477 e. The fourth-order valence-corrected chi connectivity index (χ4v) is 2.29. The number of aromatic nitrogens is 1. The summed E-state index contributed by atoms with van der Waals surface area (Å²) in [6.45, 7) is 1.21. The molecule has 1 unspecified atom stereocenters. The number of carbonyl (C=O) groups is 1. The lowest BCUT2D eigenvalue weighted by atomic mass is 10.0. The van der Waals surface area contributed by atoms with Crippen molar-refractivity contribution in [2.75, 3.05) is 18.9 Å². The second kappa shape index (κ2) is 3.55. The normalized spacial score (nSPS) is 21.3. The average molecular weight is 214 g/mol. The van der Waals surface area contributed by atoms with Gasteiger partial charge >= 0.3 is 5.97 Å². The third-order valence-corrected chi connectivity index (χ3v) is 3.07. The predicted molar refractivity (Wildman–Crippen MR) is 51.7 cm³/mol. The van der Waals surface area contributed by atoms with E-state index in [1.54, 1.807) is 0 Å². The number of nitrogens with two attached hydrogens (primary N) is 1. The van der Waals surface area contributed by atoms with E-state index in [0.717, 1.165) is 17.8 Å². The van der Waals surface area contributed by atoms with Gasteiger partial charge in [-0.25, -0.2) is 9.78 Å². The Morgan fingerprint density at radius 1 is 1.71 bits per heavy atom. The maximum atomic E-state index is 10.9. The molecule has 0 aromatic carbocycles. The Labute approximate surface area is 84.5 Å². The Morgan fingerprint density at radius 3 is 3.07 bits per heavy atom. The highest BCUT2D eigenvalue weighted by Crippen LogP contribution is 2.31. The summed E-state index contributed by atoms with van der Waals surface area (Å²) in [7, 11) is 0. The third-order valence-electron chi connectivity index (χ3n) is 2.18. The van der Waals surface area contributed by atoms with Gasteiger partial charge in [-0.05, 0) is 6.42 Å². The van der Waals surface area contributed by atoms with Gasteiger partial charge in [-0.2, -0.15) is 0 Å². The van der Waals surface area contributed by atoms with Gasteiger partial charge in [0.15, 0.2) is 5.13 Å². The summed E-state index contributed by atoms with van der Waals surface area (Å²) < 4.78 is 5.19. The van der Waals surface area contributed by atoms with Crippen LogP contribution in [0.1, 0.15) is 27.7 Å². The van der Waals surface area contributed by atoms with Crippen molar-refractivity contribution in [3.8, 4) is 0 Å². The van der Waals surface area contributed by atoms with Crippen molar-refractivity contribution in [1.82, 2.24) is 4.98 Å². The molecule has 0 aliphatic carbocycles. The second-order valence-corrected chi connectivity index (χ2v) is 4.16. The summed E-state index contributed by atoms with van der Waals surface area (Å²) in [5, 5.41) is 9.22. The van der Waals surface area contributed by atoms with E-state index in [1.807, 2.05) is 0 Å². The van der Waals surface area contributed by atoms with Gasteiger partial charge in [0.25, 0.3) is 0 Å². The van der Waals surface area contributed by atoms with E-state index in [4.69, 9.17) is 15.6 Å². The van der Waals surface area contributed by atoms with E-state index in [0.29, 0.717) is 24.0 Å². The molecule has 0 bridgehead atoms. The zero-order chi connectivity index (χ0) is 10.1. The van der Waals surface area contributed by atoms with Crippen LogP contribution in [0.2, 0.25) is 0 Å². The number of nitrogen functional groups attached to an aromatic ring is 1. The number of hydrogen-bond acceptors (Lipinski definition) is 5. The number of rotatable bonds is 2. The third kappa shape index (κ3) is 1.58. The molecule has 1 fully saturated rings. The molecule has 2 rings (SSSR count). The summed E-state index contributed by atoms with van der Waals surface area (Å²) in [6, 6.07) is 0. The first-order valence-corrected chi connectivity index (χ1v) is 5.07. The van der Waals surface area contributed by atoms with Crippen LogP contribution in [-0.2, 0) is 4.74 Å². The molecule has 5 nitrogen and oxygen atoms in total. The van der Waals surface area contributed by atoms with Gasteiger partial charge in [0.1, 0.15) is 4.88 Å². The number of thiazole rings is 1. The van der Waals surface area contributed by atoms with Crippen LogP contribution in [0.3, 0.4) is 0 Å². The van der Waals surface area contributed by atoms with Gasteiger partial charge in [-0.3, -0.25) is 0 Å². The minimum absolute atomic E-state index is 0.0923. The number of aromatic carboxylic acids is 1. The molecule has 0 radical (unpaired) electrons. The molecule has 2 heterocycles. The monoisotopic (exact) mass is 214 g/mol. The first-order chi connectivity index (χ1) is 6.68. The Morgan fingerprint density at radius 2 is 2.50 bits per heavy atom. The molecule has 1 aromatic heterocycles. The van der Waals surface area contributed by atoms with Crippen LogP contribution in [0.15, 0.2) is 0 Å². The van der Waals surface area contributed by atoms with Crippen molar-refractivity contribution >= 4 is 22.4 Å². The summed E-state index contributed by atoms with van der Waals surface area (Å²) >= 11 is 1.02. The fraction of sp³-hybridized carbons (Fsp3) is 0.500. The molecule has 0 spiro atoms. The summed E-state index contributed by atoms with van der Waals surface area (Å²) in [5.41, 5.74) is 6.07. The van der Waals surface area contributed by atoms with Crippen LogP contribution >= 0.6 is 11.3 Å². The lowest BCUT2D eigenvalue weighted by Crippen LogP contribution is -2.05. The van der Waals surface area contributed by atoms with E-state index >= 15 is 0 Å². The number of carboxylic acid groups (broad SMARTS) is 1. The van der Waals surface area contributed by atoms with Crippen LogP contribution < -0.4 is 5.73 Å². The average Bonchev–Trinajstić information content (AvgIpc) is 2.70. The van der Waals surface area contributed by atoms with E-state index in [9.17, 15) is 4.79 Å². The number of carboxylic acids is 1. The number of hydrogen-bond donors (Lipinski definition) is 2. The van der Waals surface area contributed by atoms with Crippen molar-refractivity contribution < 1.29 is 14.6 Å². The quantitative estimate of drug-likeness (QED) is 0.764. The van der Waals surface area contributed by atoms with E-state index in [-0.39, 0.29) is 10.8 Å². The standard InChI is InChI=1S/C8H10N2O3S/c9-8-10-5(4-1-2-13-3-4)6(14-8)7(11)12/h4H,1-3H2,(H2,9,10)(H,11,12). The molecule has 0 saturated carbocycles. The fourth-order valence-electron chi connectivity index (χ4n) is 1.53. The van der Waals surface area contributed by atoms with Crippen LogP contribution in [0, 0.1) is 0 Å². The van der Waals surface area contributed by atoms with Gasteiger partial charge in [-0.15, -0.1) is 0 Å². The zero-order valence-corrected chi connectivity index (χ0v) is 8.21. The van der Waals surface area contributed by atoms with Crippen LogP contribution in [-0.4, -0.2) is 29.3 Å². The molecule has 6 heteroatoms. The second-order valence-electron chi connectivity index (χ2n) is 3.13. The van der Waals surface area contributed by atoms with Gasteiger partial charge in [0.2, 0.25) is 0 Å². The van der Waals surface area contributed by atoms with E-state index < -0.39 is 5.97 Å². The van der Waals surface area contributed by atoms with Crippen molar-refractivity contribution in [2.45, 2.75) is 12.3 Å². The minimum atomic E-state index is -0.957. The molecule has 14 heavy (non-hydrogen) atoms. The molecule has 0 amide bonds. The van der Waals surface area contributed by atoms with Gasteiger partial charge in [0, 0.05) is 12.5 Å². The maximum Gasteiger partial charge on any atom is 0.347 e. The smallest absolute Gasteiger partial charge is 0.347 e. The SMILES string of the molecule is Nc1nc(C2CCOC2)c(C(=O)O)s1. The molecule has 1 aliphatic rings. The number of ether oxygens (including phenoxy) is 1. The van der Waals surface area contributed by atoms with E-state index in [2.05, 4.69) is 4.98 Å². The highest BCUT2D eigenvalue weighted by atomic mass is 32.1. The van der Waals surface area contributed by atoms with Crippen molar-refractivity contribution in [3.63, 3.8) is 0 Å². The lowest BCUT2D eigenvalue weighted by Gasteiger charge is -2.03. The molecule has 1 atom stereocenters. The Hall–Kier alpha value is -1.14. The molecule has 1 aliphatic heterocycles.